The molecule has 143 heavy (non-hydrogen) atoms. The molecule has 0 radical (unpaired) electrons. The molecule has 0 aliphatic carbocycles. The van der Waals surface area contributed by atoms with Crippen molar-refractivity contribution in [2.75, 3.05) is 51.1 Å². The monoisotopic (exact) mass is 1940 g/mol. The van der Waals surface area contributed by atoms with Crippen LogP contribution in [0.2, 0.25) is 0 Å². The van der Waals surface area contributed by atoms with E-state index >= 15 is 0 Å². The molecular formula is C111H116N20O11S. The molecular weight excluding hydrogens is 1820 g/mol. The average Bonchev–Trinajstić information content (AvgIpc) is 1.55. The number of hydrogen-bond donors (Lipinski definition) is 3. The minimum Gasteiger partial charge on any atom is -0.376 e. The molecule has 6 aromatic carbocycles. The number of H-pyrrole nitrogens is 1. The number of rotatable bonds is 17. The average molecular weight is 1940 g/mol. The van der Waals surface area contributed by atoms with Gasteiger partial charge < -0.3 is 44.7 Å². The van der Waals surface area contributed by atoms with Crippen molar-refractivity contribution in [2.24, 2.45) is 46.7 Å². The van der Waals surface area contributed by atoms with Gasteiger partial charge in [0.25, 0.3) is 0 Å². The van der Waals surface area contributed by atoms with Crippen LogP contribution in [0.1, 0.15) is 174 Å². The van der Waals surface area contributed by atoms with Gasteiger partial charge in [-0.2, -0.15) is 30.6 Å². The van der Waals surface area contributed by atoms with Crippen LogP contribution < -0.4 is 11.5 Å². The van der Waals surface area contributed by atoms with Gasteiger partial charge in [0.1, 0.15) is 17.3 Å². The van der Waals surface area contributed by atoms with E-state index < -0.39 is 9.84 Å². The van der Waals surface area contributed by atoms with Crippen molar-refractivity contribution in [1.29, 1.82) is 0 Å². The molecule has 18 aromatic rings. The van der Waals surface area contributed by atoms with Gasteiger partial charge in [-0.15, -0.1) is 0 Å². The van der Waals surface area contributed by atoms with E-state index in [0.717, 1.165) is 205 Å². The van der Waals surface area contributed by atoms with Crippen molar-refractivity contribution < 1.29 is 51.2 Å². The molecule has 18 heterocycles. The van der Waals surface area contributed by atoms with E-state index in [1.807, 2.05) is 191 Å². The Morgan fingerprint density at radius 1 is 0.357 bits per heavy atom. The van der Waals surface area contributed by atoms with Crippen LogP contribution in [0.25, 0.3) is 132 Å². The van der Waals surface area contributed by atoms with Gasteiger partial charge in [-0.25, -0.2) is 8.42 Å². The van der Waals surface area contributed by atoms with Crippen LogP contribution in [-0.4, -0.2) is 166 Å². The van der Waals surface area contributed by atoms with Crippen LogP contribution in [0.5, 0.6) is 0 Å². The normalized spacial score (nSPS) is 17.2. The maximum Gasteiger partial charge on any atom is 0.150 e. The van der Waals surface area contributed by atoms with Crippen molar-refractivity contribution in [2.45, 2.75) is 149 Å². The zero-order valence-electron chi connectivity index (χ0n) is 82.2. The number of nitrogens with zero attached hydrogens (tertiary/aromatic N) is 17. The van der Waals surface area contributed by atoms with Gasteiger partial charge in [-0.05, 0) is 187 Å². The topological polar surface area (TPSA) is 388 Å². The van der Waals surface area contributed by atoms with Gasteiger partial charge in [0, 0.05) is 243 Å². The van der Waals surface area contributed by atoms with Crippen molar-refractivity contribution >= 4 is 92.6 Å². The van der Waals surface area contributed by atoms with Crippen LogP contribution in [0.3, 0.4) is 0 Å². The lowest BCUT2D eigenvalue weighted by molar-refractivity contribution is -0.120. The van der Waals surface area contributed by atoms with Crippen LogP contribution in [0.15, 0.2) is 208 Å². The van der Waals surface area contributed by atoms with E-state index in [2.05, 4.69) is 164 Å². The summed E-state index contributed by atoms with van der Waals surface area (Å²) in [6.07, 6.45) is 34.6. The Balaban J connectivity index is 0.000000109. The molecule has 0 saturated heterocycles. The minimum atomic E-state index is -3.09. The van der Waals surface area contributed by atoms with Crippen molar-refractivity contribution in [3.05, 3.63) is 286 Å². The van der Waals surface area contributed by atoms with E-state index in [0.29, 0.717) is 111 Å². The Hall–Kier alpha value is -14.3. The van der Waals surface area contributed by atoms with Crippen molar-refractivity contribution in [3.8, 4) is 66.8 Å². The third-order valence-corrected chi connectivity index (χ3v) is 30.1. The van der Waals surface area contributed by atoms with Crippen LogP contribution in [0.4, 0.5) is 0 Å². The summed E-state index contributed by atoms with van der Waals surface area (Å²) in [7, 11) is 6.64. The molecule has 732 valence electrons. The minimum absolute atomic E-state index is 0.0957. The number of aryl methyl sites for hydroxylation is 7. The Labute approximate surface area is 828 Å². The quantitative estimate of drug-likeness (QED) is 0.0762. The number of hydrogen-bond acceptors (Lipinski definition) is 25. The molecule has 0 amide bonds. The largest absolute Gasteiger partial charge is 0.376 e. The second kappa shape index (κ2) is 42.5. The van der Waals surface area contributed by atoms with Gasteiger partial charge in [0.2, 0.25) is 0 Å². The summed E-state index contributed by atoms with van der Waals surface area (Å²) in [4.78, 5) is 61.9. The third kappa shape index (κ3) is 20.6. The highest BCUT2D eigenvalue weighted by Gasteiger charge is 2.33. The van der Waals surface area contributed by atoms with E-state index in [1.54, 1.807) is 20.0 Å². The second-order valence-corrected chi connectivity index (χ2v) is 40.1. The first-order chi connectivity index (χ1) is 69.3. The van der Waals surface area contributed by atoms with Crippen LogP contribution in [-0.2, 0) is 128 Å². The summed E-state index contributed by atoms with van der Waals surface area (Å²) < 4.78 is 68.0. The maximum atomic E-state index is 12.1. The lowest BCUT2D eigenvalue weighted by atomic mass is 9.86. The molecule has 12 aromatic heterocycles. The maximum absolute atomic E-state index is 12.1. The number of nitrogens with two attached hydrogens (primary N) is 2. The predicted octanol–water partition coefficient (Wildman–Crippen LogP) is 18.1. The molecule has 24 rings (SSSR count). The van der Waals surface area contributed by atoms with Gasteiger partial charge in [-0.3, -0.25) is 68.0 Å². The standard InChI is InChI=1S/2C20H21N3O2.C19H21N3O3S.C19H19N3O2.C17H18N4O.C16H16N4O/c2*1-3-16(24)7-15-11-25-12-19-17(9-21-10-18(15)19)13-4-5-20-14(6-13)8-22-23(20)2;1-3-26(23,24)11-14-9-25-10-18-16(7-20-8-17(14)18)13-4-5-19-15(6-13)12(2)21-22-19;1-12(23)5-15-10-24-11-18-16(8-20-9-17(15)18)13-3-4-14-7-21-22(2)19(14)6-13;1-10-3-11-5-20-21(2)17(11)4-12(10)13-6-19-7-14-15(13)8-22-9-16(14)18;1-20-16-4-10(2-3-11(16)5-19-20)12-6-18-7-13-14(12)8-21-9-15(13)17/h2*4-6,8-10,15H,3,7,11-12H2,1-2H3;4-8,14H,3,9-11H2,1-2H3,(H,21,22);3-4,6-9,15H,5,10-11H2,1-2H3;3-7,16H,8-9,18H2,1-2H3;2-7,15H,8-9,17H2,1H3. The first-order valence-corrected chi connectivity index (χ1v) is 50.2. The third-order valence-electron chi connectivity index (χ3n) is 28.3. The second-order valence-electron chi connectivity index (χ2n) is 37.7. The van der Waals surface area contributed by atoms with Crippen molar-refractivity contribution in [1.82, 2.24) is 89.0 Å². The molecule has 6 unspecified atom stereocenters. The molecule has 0 spiro atoms. The first kappa shape index (κ1) is 97.5. The molecule has 0 saturated carbocycles. The van der Waals surface area contributed by atoms with Crippen LogP contribution in [0, 0.1) is 13.8 Å². The fourth-order valence-corrected chi connectivity index (χ4v) is 21.4. The number of pyridine rings is 6. The molecule has 6 aliphatic heterocycles. The summed E-state index contributed by atoms with van der Waals surface area (Å²) in [6, 6.07) is 35.5. The Bertz CT molecular complexity index is 7820. The summed E-state index contributed by atoms with van der Waals surface area (Å²) >= 11 is 0. The molecule has 5 N–H and O–H groups in total. The lowest BCUT2D eigenvalue weighted by Gasteiger charge is -2.27. The van der Waals surface area contributed by atoms with Gasteiger partial charge >= 0.3 is 0 Å². The number of nitrogens with one attached hydrogen (secondary N) is 1. The summed E-state index contributed by atoms with van der Waals surface area (Å²) in [5.41, 5.74) is 47.3. The highest BCUT2D eigenvalue weighted by atomic mass is 32.2. The van der Waals surface area contributed by atoms with Gasteiger partial charge in [-0.1, -0.05) is 63.2 Å². The van der Waals surface area contributed by atoms with Crippen molar-refractivity contribution in [3.63, 3.8) is 0 Å². The molecule has 0 bridgehead atoms. The zero-order chi connectivity index (χ0) is 99.4. The first-order valence-electron chi connectivity index (χ1n) is 48.4. The van der Waals surface area contributed by atoms with E-state index in [-0.39, 0.29) is 64.6 Å². The number of fused-ring (bicyclic) bond motifs is 12. The highest BCUT2D eigenvalue weighted by molar-refractivity contribution is 7.91. The number of ketones is 3. The Morgan fingerprint density at radius 2 is 0.685 bits per heavy atom. The Morgan fingerprint density at radius 3 is 1.10 bits per heavy atom. The lowest BCUT2D eigenvalue weighted by Crippen LogP contribution is -2.25. The number of carbonyl (C=O) groups excluding carboxylic acids is 3. The summed E-state index contributed by atoms with van der Waals surface area (Å²) in [6.45, 7) is 17.8. The summed E-state index contributed by atoms with van der Waals surface area (Å²) in [5, 5.41) is 35.5. The summed E-state index contributed by atoms with van der Waals surface area (Å²) in [5.74, 6) is 1.08. The SMILES string of the molecule is CC(=O)CC1COCc2c(-c3ccc4cnn(C)c4c3)cncc21.CCC(=O)CC1COCc2c(-c3ccc4c(cnn4C)c3)cncc21.CCC(=O)CC1COCc2c(-c3ccc4c(cnn4C)c3)cncc21.CCS(=O)(=O)CC1COCc2c(-c3ccc4n[nH]c(C)c4c3)cncc21.Cc1cc2cnn(C)c2cc1-c1cncc2c1COCC2N.Cn1ncc2ccc(-c3cncc4c3COCC4N)cc21. The van der Waals surface area contributed by atoms with Gasteiger partial charge in [0.05, 0.1) is 161 Å². The van der Waals surface area contributed by atoms with Crippen LogP contribution >= 0.6 is 0 Å². The molecule has 31 nitrogen and oxygen atoms in total. The number of aromatic amines is 1. The molecule has 6 aliphatic rings. The number of carbonyl (C=O) groups is 3. The fourth-order valence-electron chi connectivity index (χ4n) is 20.3. The van der Waals surface area contributed by atoms with E-state index in [1.165, 1.54) is 5.56 Å². The predicted molar refractivity (Wildman–Crippen MR) is 551 cm³/mol. The van der Waals surface area contributed by atoms with E-state index in [9.17, 15) is 22.8 Å². The smallest absolute Gasteiger partial charge is 0.150 e. The molecule has 32 heteroatoms. The number of aromatic nitrogens is 18. The zero-order valence-corrected chi connectivity index (χ0v) is 83.0. The molecule has 6 atom stereocenters. The molecule has 0 fully saturated rings. The number of ether oxygens (including phenoxy) is 6. The Kier molecular flexibility index (Phi) is 28.9. The highest BCUT2D eigenvalue weighted by Crippen LogP contribution is 2.44. The van der Waals surface area contributed by atoms with Gasteiger partial charge in [0.15, 0.2) is 9.84 Å². The number of Topliss-reactive ketones (excluding diaryl/α,β-unsaturated/α-hetero) is 3. The fraction of sp³-hybridized carbons (Fsp3) is 0.324. The van der Waals surface area contributed by atoms with E-state index in [4.69, 9.17) is 39.9 Å². The number of sulfone groups is 1. The number of benzene rings is 6.